The molecule has 0 fully saturated rings. The van der Waals surface area contributed by atoms with Crippen molar-refractivity contribution in [2.75, 3.05) is 5.32 Å². The Morgan fingerprint density at radius 3 is 2.47 bits per heavy atom. The summed E-state index contributed by atoms with van der Waals surface area (Å²) in [6, 6.07) is 21.2. The van der Waals surface area contributed by atoms with Crippen LogP contribution in [-0.4, -0.2) is 16.8 Å². The number of hydrogen-bond acceptors (Lipinski definition) is 6. The minimum absolute atomic E-state index is 0.129. The molecule has 0 unspecified atom stereocenters. The highest BCUT2D eigenvalue weighted by molar-refractivity contribution is 7.14. The molecule has 32 heavy (non-hydrogen) atoms. The van der Waals surface area contributed by atoms with Gasteiger partial charge >= 0.3 is 0 Å². The molecule has 2 aromatic heterocycles. The number of aromatic nitrogens is 1. The first kappa shape index (κ1) is 21.7. The molecule has 2 N–H and O–H groups in total. The van der Waals surface area contributed by atoms with E-state index in [1.807, 2.05) is 66.0 Å². The van der Waals surface area contributed by atoms with Crippen LogP contribution in [0.15, 0.2) is 77.5 Å². The van der Waals surface area contributed by atoms with E-state index < -0.39 is 0 Å². The fraction of sp³-hybridized carbons (Fsp3) is 0.125. The summed E-state index contributed by atoms with van der Waals surface area (Å²) < 4.78 is 5.78. The van der Waals surface area contributed by atoms with Crippen molar-refractivity contribution >= 4 is 39.6 Å². The SMILES string of the molecule is O=C(Cc1csc(NC(=O)c2cccs2)n1)NCc1ccc(OCc2ccccc2)cc1. The lowest BCUT2D eigenvalue weighted by atomic mass is 10.2. The van der Waals surface area contributed by atoms with Crippen LogP contribution in [0, 0.1) is 0 Å². The normalized spacial score (nSPS) is 10.5. The third-order valence-electron chi connectivity index (χ3n) is 4.52. The molecule has 8 heteroatoms. The molecule has 0 aliphatic carbocycles. The molecule has 0 saturated carbocycles. The first-order chi connectivity index (χ1) is 15.7. The summed E-state index contributed by atoms with van der Waals surface area (Å²) in [7, 11) is 0. The molecule has 6 nitrogen and oxygen atoms in total. The van der Waals surface area contributed by atoms with Crippen LogP contribution in [0.1, 0.15) is 26.5 Å². The highest BCUT2D eigenvalue weighted by Gasteiger charge is 2.12. The number of nitrogens with one attached hydrogen (secondary N) is 2. The molecule has 2 amide bonds. The largest absolute Gasteiger partial charge is 0.489 e. The monoisotopic (exact) mass is 463 g/mol. The molecule has 2 heterocycles. The van der Waals surface area contributed by atoms with Crippen molar-refractivity contribution in [2.24, 2.45) is 0 Å². The van der Waals surface area contributed by atoms with E-state index in [9.17, 15) is 9.59 Å². The third kappa shape index (κ3) is 6.26. The lowest BCUT2D eigenvalue weighted by Gasteiger charge is -2.08. The van der Waals surface area contributed by atoms with E-state index in [1.165, 1.54) is 22.7 Å². The Kier molecular flexibility index (Phi) is 7.27. The number of amides is 2. The maximum absolute atomic E-state index is 12.3. The summed E-state index contributed by atoms with van der Waals surface area (Å²) in [4.78, 5) is 29.3. The van der Waals surface area contributed by atoms with E-state index in [1.54, 1.807) is 11.4 Å². The summed E-state index contributed by atoms with van der Waals surface area (Å²) in [5.74, 6) is 0.459. The second-order valence-corrected chi connectivity index (χ2v) is 8.75. The molecule has 0 radical (unpaired) electrons. The zero-order chi connectivity index (χ0) is 22.2. The zero-order valence-corrected chi connectivity index (χ0v) is 18.7. The van der Waals surface area contributed by atoms with Gasteiger partial charge in [0.05, 0.1) is 17.0 Å². The fourth-order valence-electron chi connectivity index (χ4n) is 2.88. The number of hydrogen-bond donors (Lipinski definition) is 2. The van der Waals surface area contributed by atoms with Gasteiger partial charge in [-0.1, -0.05) is 48.5 Å². The molecule has 0 saturated heterocycles. The van der Waals surface area contributed by atoms with Crippen molar-refractivity contribution in [3.05, 3.63) is 99.2 Å². The highest BCUT2D eigenvalue weighted by Crippen LogP contribution is 2.19. The Balaban J connectivity index is 1.21. The van der Waals surface area contributed by atoms with Crippen LogP contribution in [0.3, 0.4) is 0 Å². The average molecular weight is 464 g/mol. The van der Waals surface area contributed by atoms with Crippen LogP contribution in [0.25, 0.3) is 0 Å². The van der Waals surface area contributed by atoms with Crippen molar-refractivity contribution in [3.63, 3.8) is 0 Å². The Hall–Kier alpha value is -3.49. The maximum Gasteiger partial charge on any atom is 0.267 e. The van der Waals surface area contributed by atoms with Gasteiger partial charge in [0.1, 0.15) is 12.4 Å². The second-order valence-electron chi connectivity index (χ2n) is 6.95. The van der Waals surface area contributed by atoms with Crippen LogP contribution in [0.2, 0.25) is 0 Å². The van der Waals surface area contributed by atoms with Crippen molar-refractivity contribution in [1.29, 1.82) is 0 Å². The van der Waals surface area contributed by atoms with Gasteiger partial charge in [0.25, 0.3) is 5.91 Å². The van der Waals surface area contributed by atoms with Crippen LogP contribution in [-0.2, 0) is 24.4 Å². The van der Waals surface area contributed by atoms with Crippen LogP contribution >= 0.6 is 22.7 Å². The lowest BCUT2D eigenvalue weighted by Crippen LogP contribution is -2.24. The van der Waals surface area contributed by atoms with Gasteiger partial charge in [-0.2, -0.15) is 0 Å². The number of rotatable bonds is 9. The molecule has 0 aliphatic rings. The number of ether oxygens (including phenoxy) is 1. The summed E-state index contributed by atoms with van der Waals surface area (Å²) in [6.45, 7) is 0.935. The minimum Gasteiger partial charge on any atom is -0.489 e. The molecule has 2 aromatic carbocycles. The van der Waals surface area contributed by atoms with Gasteiger partial charge in [0.15, 0.2) is 5.13 Å². The summed E-state index contributed by atoms with van der Waals surface area (Å²) >= 11 is 2.67. The summed E-state index contributed by atoms with van der Waals surface area (Å²) in [5.41, 5.74) is 2.71. The van der Waals surface area contributed by atoms with Gasteiger partial charge in [-0.25, -0.2) is 4.98 Å². The Morgan fingerprint density at radius 1 is 0.906 bits per heavy atom. The van der Waals surface area contributed by atoms with Crippen molar-refractivity contribution in [1.82, 2.24) is 10.3 Å². The molecular formula is C24H21N3O3S2. The maximum atomic E-state index is 12.3. The van der Waals surface area contributed by atoms with E-state index in [4.69, 9.17) is 4.74 Å². The van der Waals surface area contributed by atoms with Gasteiger partial charge in [0, 0.05) is 11.9 Å². The molecule has 4 rings (SSSR count). The van der Waals surface area contributed by atoms with Gasteiger partial charge in [0.2, 0.25) is 5.91 Å². The quantitative estimate of drug-likeness (QED) is 0.370. The van der Waals surface area contributed by atoms with Crippen molar-refractivity contribution in [3.8, 4) is 5.75 Å². The topological polar surface area (TPSA) is 80.3 Å². The van der Waals surface area contributed by atoms with Crippen molar-refractivity contribution < 1.29 is 14.3 Å². The number of thiophene rings is 1. The number of anilines is 1. The Bertz CT molecular complexity index is 1160. The summed E-state index contributed by atoms with van der Waals surface area (Å²) in [5, 5.41) is 9.76. The fourth-order valence-corrected chi connectivity index (χ4v) is 4.21. The zero-order valence-electron chi connectivity index (χ0n) is 17.1. The third-order valence-corrected chi connectivity index (χ3v) is 6.20. The number of nitrogens with zero attached hydrogens (tertiary/aromatic N) is 1. The molecular weight excluding hydrogens is 442 g/mol. The number of carbonyl (C=O) groups is 2. The lowest BCUT2D eigenvalue weighted by molar-refractivity contribution is -0.120. The predicted octanol–water partition coefficient (Wildman–Crippen LogP) is 4.89. The van der Waals surface area contributed by atoms with E-state index >= 15 is 0 Å². The smallest absolute Gasteiger partial charge is 0.267 e. The molecule has 0 spiro atoms. The van der Waals surface area contributed by atoms with E-state index in [0.29, 0.717) is 28.9 Å². The average Bonchev–Trinajstić information content (AvgIpc) is 3.50. The summed E-state index contributed by atoms with van der Waals surface area (Å²) in [6.07, 6.45) is 0.156. The Morgan fingerprint density at radius 2 is 1.72 bits per heavy atom. The highest BCUT2D eigenvalue weighted by atomic mass is 32.1. The van der Waals surface area contributed by atoms with E-state index in [2.05, 4.69) is 15.6 Å². The standard InChI is InChI=1S/C24H21N3O3S2/c28-22(13-19-16-32-24(26-19)27-23(29)21-7-4-12-31-21)25-14-17-8-10-20(11-9-17)30-15-18-5-2-1-3-6-18/h1-12,16H,13-15H2,(H,25,28)(H,26,27,29). The first-order valence-corrected chi connectivity index (χ1v) is 11.7. The second kappa shape index (κ2) is 10.7. The van der Waals surface area contributed by atoms with Crippen LogP contribution < -0.4 is 15.4 Å². The minimum atomic E-state index is -0.193. The van der Waals surface area contributed by atoms with Crippen molar-refractivity contribution in [2.45, 2.75) is 19.6 Å². The van der Waals surface area contributed by atoms with Crippen LogP contribution in [0.4, 0.5) is 5.13 Å². The van der Waals surface area contributed by atoms with Gasteiger partial charge in [-0.3, -0.25) is 14.9 Å². The van der Waals surface area contributed by atoms with E-state index in [0.717, 1.165) is 16.9 Å². The molecule has 162 valence electrons. The molecule has 0 aliphatic heterocycles. The molecule has 0 bridgehead atoms. The van der Waals surface area contributed by atoms with Crippen LogP contribution in [0.5, 0.6) is 5.75 Å². The Labute approximate surface area is 193 Å². The number of carbonyl (C=O) groups excluding carboxylic acids is 2. The molecule has 0 atom stereocenters. The first-order valence-electron chi connectivity index (χ1n) is 9.97. The number of benzene rings is 2. The van der Waals surface area contributed by atoms with Gasteiger partial charge in [-0.05, 0) is 34.7 Å². The van der Waals surface area contributed by atoms with Gasteiger partial charge in [-0.15, -0.1) is 22.7 Å². The van der Waals surface area contributed by atoms with Gasteiger partial charge < -0.3 is 10.1 Å². The van der Waals surface area contributed by atoms with E-state index in [-0.39, 0.29) is 18.2 Å². The molecule has 4 aromatic rings. The predicted molar refractivity (Wildman–Crippen MR) is 127 cm³/mol. The number of thiazole rings is 1.